The molecule has 0 aliphatic heterocycles. The third kappa shape index (κ3) is 2.26. The van der Waals surface area contributed by atoms with Crippen LogP contribution in [0.1, 0.15) is 12.8 Å². The van der Waals surface area contributed by atoms with Gasteiger partial charge in [-0.3, -0.25) is 0 Å². The van der Waals surface area contributed by atoms with Gasteiger partial charge in [0.1, 0.15) is 5.76 Å². The summed E-state index contributed by atoms with van der Waals surface area (Å²) in [5, 5.41) is 18.0. The van der Waals surface area contributed by atoms with Gasteiger partial charge in [-0.15, -0.1) is 0 Å². The number of allylic oxidation sites excluding steroid dienone is 3. The van der Waals surface area contributed by atoms with E-state index in [-0.39, 0.29) is 0 Å². The van der Waals surface area contributed by atoms with Crippen molar-refractivity contribution in [2.24, 2.45) is 0 Å². The Balaban J connectivity index is 2.90. The largest absolute Gasteiger partial charge is 0.501 e. The average Bonchev–Trinajstić information content (AvgIpc) is 2.16. The lowest BCUT2D eigenvalue weighted by atomic mass is 9.74. The van der Waals surface area contributed by atoms with Crippen LogP contribution in [-0.4, -0.2) is 31.4 Å². The minimum Gasteiger partial charge on any atom is -0.501 e. The van der Waals surface area contributed by atoms with Crippen LogP contribution in [0, 0.1) is 0 Å². The second-order valence-electron chi connectivity index (χ2n) is 2.78. The molecule has 0 fully saturated rings. The minimum atomic E-state index is -1.44. The molecule has 0 radical (unpaired) electrons. The van der Waals surface area contributed by atoms with Gasteiger partial charge in [0.05, 0.1) is 20.0 Å². The number of hydrogen-bond acceptors (Lipinski definition) is 4. The molecule has 0 aromatic heterocycles. The van der Waals surface area contributed by atoms with Crippen molar-refractivity contribution in [1.29, 1.82) is 0 Å². The van der Waals surface area contributed by atoms with Crippen LogP contribution in [0.25, 0.3) is 0 Å². The molecule has 13 heavy (non-hydrogen) atoms. The summed E-state index contributed by atoms with van der Waals surface area (Å²) in [6.07, 6.45) is 2.91. The third-order valence-electron chi connectivity index (χ3n) is 2.04. The van der Waals surface area contributed by atoms with Gasteiger partial charge in [0.25, 0.3) is 0 Å². The van der Waals surface area contributed by atoms with Crippen LogP contribution in [-0.2, 0) is 9.47 Å². The van der Waals surface area contributed by atoms with E-state index in [0.717, 1.165) is 5.76 Å². The highest BCUT2D eigenvalue weighted by molar-refractivity contribution is 6.51. The van der Waals surface area contributed by atoms with E-state index in [0.29, 0.717) is 24.1 Å². The molecule has 2 N–H and O–H groups in total. The van der Waals surface area contributed by atoms with E-state index in [2.05, 4.69) is 0 Å². The van der Waals surface area contributed by atoms with Gasteiger partial charge in [0, 0.05) is 18.0 Å². The predicted octanol–water partition coefficient (Wildman–Crippen LogP) is 0.223. The summed E-state index contributed by atoms with van der Waals surface area (Å²) >= 11 is 0. The Kier molecular flexibility index (Phi) is 3.39. The molecule has 0 heterocycles. The maximum absolute atomic E-state index is 8.99. The van der Waals surface area contributed by atoms with Crippen LogP contribution >= 0.6 is 0 Å². The van der Waals surface area contributed by atoms with Gasteiger partial charge in [-0.05, 0) is 6.42 Å². The number of ether oxygens (including phenoxy) is 2. The van der Waals surface area contributed by atoms with Crippen LogP contribution in [0.5, 0.6) is 0 Å². The first-order valence-corrected chi connectivity index (χ1v) is 4.06. The highest BCUT2D eigenvalue weighted by Crippen LogP contribution is 2.25. The molecule has 0 aromatic rings. The number of rotatable bonds is 3. The minimum absolute atomic E-state index is 0.484. The fourth-order valence-corrected chi connectivity index (χ4v) is 1.30. The van der Waals surface area contributed by atoms with Crippen molar-refractivity contribution < 1.29 is 19.5 Å². The van der Waals surface area contributed by atoms with Crippen molar-refractivity contribution in [3.8, 4) is 0 Å². The van der Waals surface area contributed by atoms with E-state index in [1.807, 2.05) is 0 Å². The van der Waals surface area contributed by atoms with Gasteiger partial charge in [0.2, 0.25) is 0 Å². The first-order valence-electron chi connectivity index (χ1n) is 4.06. The first kappa shape index (κ1) is 10.1. The molecular formula is C8H13BO4. The van der Waals surface area contributed by atoms with Gasteiger partial charge >= 0.3 is 7.12 Å². The van der Waals surface area contributed by atoms with E-state index in [1.54, 1.807) is 13.2 Å². The van der Waals surface area contributed by atoms with Gasteiger partial charge < -0.3 is 19.5 Å². The molecule has 1 aliphatic carbocycles. The predicted molar refractivity (Wildman–Crippen MR) is 48.6 cm³/mol. The van der Waals surface area contributed by atoms with Crippen molar-refractivity contribution in [1.82, 2.24) is 0 Å². The molecule has 0 amide bonds. The Morgan fingerprint density at radius 1 is 1.23 bits per heavy atom. The first-order chi connectivity index (χ1) is 6.19. The smallest absolute Gasteiger partial charge is 0.487 e. The molecular weight excluding hydrogens is 171 g/mol. The van der Waals surface area contributed by atoms with Crippen LogP contribution in [0.4, 0.5) is 0 Å². The third-order valence-corrected chi connectivity index (χ3v) is 2.04. The molecule has 0 spiro atoms. The molecule has 1 aliphatic rings. The highest BCUT2D eigenvalue weighted by Gasteiger charge is 2.23. The number of hydrogen-bond donors (Lipinski definition) is 2. The molecule has 72 valence electrons. The molecule has 4 nitrogen and oxygen atoms in total. The van der Waals surface area contributed by atoms with Crippen molar-refractivity contribution in [3.05, 3.63) is 23.1 Å². The standard InChI is InChI=1S/C8H13BO4/c1-12-6-3-4-7(9(10)11)8(5-6)13-2/h5,10-11H,3-4H2,1-2H3. The lowest BCUT2D eigenvalue weighted by Crippen LogP contribution is -2.20. The summed E-state index contributed by atoms with van der Waals surface area (Å²) in [6, 6.07) is 0. The molecule has 0 atom stereocenters. The fourth-order valence-electron chi connectivity index (χ4n) is 1.30. The molecule has 5 heteroatoms. The molecule has 0 saturated heterocycles. The fraction of sp³-hybridized carbons (Fsp3) is 0.500. The number of methoxy groups -OCH3 is 2. The van der Waals surface area contributed by atoms with E-state index < -0.39 is 7.12 Å². The van der Waals surface area contributed by atoms with E-state index in [1.165, 1.54) is 7.11 Å². The van der Waals surface area contributed by atoms with E-state index in [9.17, 15) is 0 Å². The normalized spacial score (nSPS) is 16.8. The van der Waals surface area contributed by atoms with Crippen molar-refractivity contribution in [2.45, 2.75) is 12.8 Å². The Morgan fingerprint density at radius 2 is 1.92 bits per heavy atom. The monoisotopic (exact) mass is 184 g/mol. The zero-order chi connectivity index (χ0) is 9.84. The van der Waals surface area contributed by atoms with Crippen molar-refractivity contribution in [3.63, 3.8) is 0 Å². The summed E-state index contributed by atoms with van der Waals surface area (Å²) in [5.74, 6) is 1.28. The van der Waals surface area contributed by atoms with Gasteiger partial charge in [-0.2, -0.15) is 0 Å². The van der Waals surface area contributed by atoms with Crippen molar-refractivity contribution in [2.75, 3.05) is 14.2 Å². The summed E-state index contributed by atoms with van der Waals surface area (Å²) in [6.45, 7) is 0. The van der Waals surface area contributed by atoms with Crippen LogP contribution in [0.2, 0.25) is 0 Å². The van der Waals surface area contributed by atoms with Crippen LogP contribution < -0.4 is 0 Å². The van der Waals surface area contributed by atoms with Crippen LogP contribution in [0.15, 0.2) is 23.1 Å². The Labute approximate surface area is 77.6 Å². The SMILES string of the molecule is COC1=CC(OC)=C(B(O)O)CC1. The summed E-state index contributed by atoms with van der Waals surface area (Å²) in [4.78, 5) is 0. The zero-order valence-electron chi connectivity index (χ0n) is 7.78. The molecule has 0 saturated carbocycles. The van der Waals surface area contributed by atoms with Crippen molar-refractivity contribution >= 4 is 7.12 Å². The molecule has 0 bridgehead atoms. The molecule has 0 unspecified atom stereocenters. The highest BCUT2D eigenvalue weighted by atomic mass is 16.5. The zero-order valence-corrected chi connectivity index (χ0v) is 7.78. The second-order valence-corrected chi connectivity index (χ2v) is 2.78. The topological polar surface area (TPSA) is 58.9 Å². The second kappa shape index (κ2) is 4.34. The lowest BCUT2D eigenvalue weighted by molar-refractivity contribution is 0.254. The summed E-state index contributed by atoms with van der Waals surface area (Å²) in [5.41, 5.74) is 0.503. The van der Waals surface area contributed by atoms with Gasteiger partial charge in [-0.25, -0.2) is 0 Å². The van der Waals surface area contributed by atoms with E-state index in [4.69, 9.17) is 19.5 Å². The quantitative estimate of drug-likeness (QED) is 0.616. The lowest BCUT2D eigenvalue weighted by Gasteiger charge is -2.17. The Bertz CT molecular complexity index is 245. The Hall–Kier alpha value is -0.935. The average molecular weight is 184 g/mol. The maximum Gasteiger partial charge on any atom is 0.487 e. The van der Waals surface area contributed by atoms with Gasteiger partial charge in [0.15, 0.2) is 0 Å². The maximum atomic E-state index is 8.99. The van der Waals surface area contributed by atoms with Gasteiger partial charge in [-0.1, -0.05) is 0 Å². The van der Waals surface area contributed by atoms with Crippen LogP contribution in [0.3, 0.4) is 0 Å². The molecule has 1 rings (SSSR count). The van der Waals surface area contributed by atoms with E-state index >= 15 is 0 Å². The summed E-state index contributed by atoms with van der Waals surface area (Å²) in [7, 11) is 1.64. The molecule has 0 aromatic carbocycles. The Morgan fingerprint density at radius 3 is 2.38 bits per heavy atom. The summed E-state index contributed by atoms with van der Waals surface area (Å²) < 4.78 is 10.0.